The van der Waals surface area contributed by atoms with Crippen molar-refractivity contribution in [3.63, 3.8) is 0 Å². The van der Waals surface area contributed by atoms with Crippen molar-refractivity contribution >= 4 is 45.0 Å². The molecule has 3 unspecified atom stereocenters. The molecule has 2 aliphatic rings. The third-order valence-electron chi connectivity index (χ3n) is 7.64. The fourth-order valence-corrected chi connectivity index (χ4v) is 7.75. The SMILES string of the molecule is CS(=O)(=O)NCC(O)C(O)C[C@@]1(O)C2CC[C@H]1C[C@H](Sc1cc(C(=O)Nc3cc(F)c(F)c(F)c3)ccc1Cl)C2. The number of rotatable bonds is 10. The molecular weight excluding hydrogens is 593 g/mol. The van der Waals surface area contributed by atoms with E-state index in [0.717, 1.165) is 19.1 Å². The van der Waals surface area contributed by atoms with Gasteiger partial charge in [-0.3, -0.25) is 4.79 Å². The van der Waals surface area contributed by atoms with Crippen LogP contribution in [0.3, 0.4) is 0 Å². The number of fused-ring (bicyclic) bond motifs is 2. The van der Waals surface area contributed by atoms with E-state index in [4.69, 9.17) is 11.6 Å². The molecule has 0 aromatic heterocycles. The smallest absolute Gasteiger partial charge is 0.255 e. The maximum absolute atomic E-state index is 13.5. The van der Waals surface area contributed by atoms with Gasteiger partial charge in [0.2, 0.25) is 10.0 Å². The Labute approximate surface area is 239 Å². The summed E-state index contributed by atoms with van der Waals surface area (Å²) in [6.07, 6.45) is 0.785. The number of hydrogen-bond acceptors (Lipinski definition) is 7. The monoisotopic (exact) mass is 622 g/mol. The Bertz CT molecular complexity index is 1350. The van der Waals surface area contributed by atoms with Gasteiger partial charge in [-0.25, -0.2) is 26.3 Å². The number of anilines is 1. The number of sulfonamides is 1. The molecule has 2 saturated carbocycles. The number of aliphatic hydroxyl groups is 3. The van der Waals surface area contributed by atoms with Gasteiger partial charge in [0.15, 0.2) is 17.5 Å². The summed E-state index contributed by atoms with van der Waals surface area (Å²) in [5.41, 5.74) is -1.28. The Balaban J connectivity index is 1.40. The number of hydrogen-bond donors (Lipinski definition) is 5. The van der Waals surface area contributed by atoms with E-state index in [1.165, 1.54) is 23.9 Å². The number of halogens is 4. The van der Waals surface area contributed by atoms with E-state index >= 15 is 0 Å². The van der Waals surface area contributed by atoms with Crippen LogP contribution in [0.5, 0.6) is 0 Å². The Hall–Kier alpha value is -1.87. The van der Waals surface area contributed by atoms with Gasteiger partial charge in [-0.1, -0.05) is 11.6 Å². The van der Waals surface area contributed by atoms with E-state index in [9.17, 15) is 41.7 Å². The molecule has 2 aromatic rings. The zero-order valence-corrected chi connectivity index (χ0v) is 23.8. The Morgan fingerprint density at radius 1 is 1.10 bits per heavy atom. The maximum atomic E-state index is 13.5. The van der Waals surface area contributed by atoms with Gasteiger partial charge in [-0.15, -0.1) is 11.8 Å². The van der Waals surface area contributed by atoms with Gasteiger partial charge < -0.3 is 20.6 Å². The summed E-state index contributed by atoms with van der Waals surface area (Å²) in [5.74, 6) is -5.49. The molecule has 4 rings (SSSR count). The lowest BCUT2D eigenvalue weighted by molar-refractivity contribution is -0.107. The third-order valence-corrected chi connectivity index (χ3v) is 10.1. The first-order valence-electron chi connectivity index (χ1n) is 12.6. The molecule has 2 fully saturated rings. The van der Waals surface area contributed by atoms with Crippen LogP contribution in [-0.2, 0) is 10.0 Å². The lowest BCUT2D eigenvalue weighted by atomic mass is 9.71. The van der Waals surface area contributed by atoms with Gasteiger partial charge in [0, 0.05) is 46.5 Å². The van der Waals surface area contributed by atoms with Crippen molar-refractivity contribution in [2.75, 3.05) is 18.1 Å². The first-order valence-corrected chi connectivity index (χ1v) is 15.8. The van der Waals surface area contributed by atoms with E-state index in [1.807, 2.05) is 0 Å². The highest BCUT2D eigenvalue weighted by Gasteiger charge is 2.54. The standard InChI is InChI=1S/C26H30ClF3N2O6S2/c1-40(37,38)31-12-22(34)21(33)11-26(36)14-3-4-15(26)8-17(7-14)39-23-6-13(2-5-18(23)27)25(35)32-16-9-19(28)24(30)20(29)10-16/h2,5-6,9-10,14-15,17,21-22,31,33-34,36H,3-4,7-8,11-12H2,1H3,(H,32,35)/t14-,15?,17-,21?,22?,26-/m0/s1. The largest absolute Gasteiger partial charge is 0.390 e. The van der Waals surface area contributed by atoms with Crippen molar-refractivity contribution in [2.24, 2.45) is 11.8 Å². The third kappa shape index (κ3) is 7.12. The average Bonchev–Trinajstić information content (AvgIpc) is 3.02. The highest BCUT2D eigenvalue weighted by molar-refractivity contribution is 8.00. The van der Waals surface area contributed by atoms with Crippen LogP contribution in [-0.4, -0.2) is 65.5 Å². The Morgan fingerprint density at radius 3 is 2.27 bits per heavy atom. The number of benzene rings is 2. The first-order chi connectivity index (χ1) is 18.7. The minimum atomic E-state index is -3.55. The normalized spacial score (nSPS) is 25.9. The van der Waals surface area contributed by atoms with Crippen LogP contribution in [0, 0.1) is 29.3 Å². The van der Waals surface area contributed by atoms with E-state index in [2.05, 4.69) is 10.0 Å². The fraction of sp³-hybridized carbons (Fsp3) is 0.500. The second kappa shape index (κ2) is 12.2. The van der Waals surface area contributed by atoms with E-state index < -0.39 is 51.2 Å². The van der Waals surface area contributed by atoms with Gasteiger partial charge in [-0.05, 0) is 55.7 Å². The van der Waals surface area contributed by atoms with E-state index in [0.29, 0.717) is 34.9 Å². The van der Waals surface area contributed by atoms with Crippen molar-refractivity contribution in [2.45, 2.75) is 60.1 Å². The molecule has 40 heavy (non-hydrogen) atoms. The number of amides is 1. The predicted molar refractivity (Wildman–Crippen MR) is 145 cm³/mol. The first kappa shape index (κ1) is 31.1. The number of carbonyl (C=O) groups excluding carboxylic acids is 1. The molecule has 6 atom stereocenters. The van der Waals surface area contributed by atoms with Gasteiger partial charge in [0.1, 0.15) is 0 Å². The van der Waals surface area contributed by atoms with Crippen LogP contribution in [0.4, 0.5) is 18.9 Å². The molecule has 8 nitrogen and oxygen atoms in total. The van der Waals surface area contributed by atoms with Gasteiger partial charge in [0.05, 0.1) is 29.1 Å². The molecule has 2 aliphatic carbocycles. The molecule has 14 heteroatoms. The van der Waals surface area contributed by atoms with Crippen molar-refractivity contribution < 1.29 is 41.7 Å². The van der Waals surface area contributed by atoms with Gasteiger partial charge in [-0.2, -0.15) is 0 Å². The molecule has 0 spiro atoms. The summed E-state index contributed by atoms with van der Waals surface area (Å²) >= 11 is 7.84. The van der Waals surface area contributed by atoms with Crippen molar-refractivity contribution in [1.82, 2.24) is 4.72 Å². The van der Waals surface area contributed by atoms with Crippen LogP contribution in [0.15, 0.2) is 35.2 Å². The average molecular weight is 623 g/mol. The topological polar surface area (TPSA) is 136 Å². The van der Waals surface area contributed by atoms with Crippen molar-refractivity contribution in [3.05, 3.63) is 58.4 Å². The van der Waals surface area contributed by atoms with E-state index in [-0.39, 0.29) is 41.3 Å². The molecule has 0 radical (unpaired) electrons. The van der Waals surface area contributed by atoms with Crippen LogP contribution < -0.4 is 10.0 Å². The van der Waals surface area contributed by atoms with Crippen LogP contribution >= 0.6 is 23.4 Å². The van der Waals surface area contributed by atoms with Gasteiger partial charge in [0.25, 0.3) is 5.91 Å². The molecule has 0 saturated heterocycles. The molecular formula is C26H30ClF3N2O6S2. The summed E-state index contributed by atoms with van der Waals surface area (Å²) in [4.78, 5) is 13.3. The summed E-state index contributed by atoms with van der Waals surface area (Å²) in [7, 11) is -3.55. The maximum Gasteiger partial charge on any atom is 0.255 e. The van der Waals surface area contributed by atoms with Crippen LogP contribution in [0.1, 0.15) is 42.5 Å². The quantitative estimate of drug-likeness (QED) is 0.255. The number of aliphatic hydroxyl groups excluding tert-OH is 2. The van der Waals surface area contributed by atoms with E-state index in [1.54, 1.807) is 6.07 Å². The summed E-state index contributed by atoms with van der Waals surface area (Å²) in [6, 6.07) is 5.89. The lowest BCUT2D eigenvalue weighted by Gasteiger charge is -2.44. The molecule has 220 valence electrons. The van der Waals surface area contributed by atoms with Crippen molar-refractivity contribution in [3.8, 4) is 0 Å². The second-order valence-electron chi connectivity index (χ2n) is 10.5. The molecule has 2 aromatic carbocycles. The summed E-state index contributed by atoms with van der Waals surface area (Å²) < 4.78 is 65.0. The number of thioether (sulfide) groups is 1. The zero-order valence-electron chi connectivity index (χ0n) is 21.4. The predicted octanol–water partition coefficient (Wildman–Crippen LogP) is 3.68. The molecule has 2 bridgehead atoms. The molecule has 0 aliphatic heterocycles. The molecule has 1 amide bonds. The Morgan fingerprint density at radius 2 is 1.70 bits per heavy atom. The summed E-state index contributed by atoms with van der Waals surface area (Å²) in [5, 5.41) is 35.0. The van der Waals surface area contributed by atoms with Gasteiger partial charge >= 0.3 is 0 Å². The minimum absolute atomic E-state index is 0.0304. The molecule has 5 N–H and O–H groups in total. The Kier molecular flexibility index (Phi) is 9.45. The summed E-state index contributed by atoms with van der Waals surface area (Å²) in [6.45, 7) is -0.364. The number of nitrogens with one attached hydrogen (secondary N) is 2. The lowest BCUT2D eigenvalue weighted by Crippen LogP contribution is -2.50. The zero-order chi connectivity index (χ0) is 29.4. The highest BCUT2D eigenvalue weighted by Crippen LogP contribution is 2.55. The number of carbonyl (C=O) groups is 1. The highest BCUT2D eigenvalue weighted by atomic mass is 35.5. The van der Waals surface area contributed by atoms with Crippen LogP contribution in [0.2, 0.25) is 5.02 Å². The molecule has 0 heterocycles. The second-order valence-corrected chi connectivity index (χ2v) is 14.1. The van der Waals surface area contributed by atoms with Crippen LogP contribution in [0.25, 0.3) is 0 Å². The van der Waals surface area contributed by atoms with Crippen molar-refractivity contribution in [1.29, 1.82) is 0 Å². The minimum Gasteiger partial charge on any atom is -0.390 e. The fourth-order valence-electron chi connectivity index (χ4n) is 5.63.